The SMILES string of the molecule is Cc1cc(C)c(C2=NON3N(C(=O)c4ccccc4)c4ccccc4N23)c(C)c1. The topological polar surface area (TPSA) is 48.4 Å². The van der Waals surface area contributed by atoms with Crippen LogP contribution in [0.2, 0.25) is 0 Å². The molecule has 3 aromatic carbocycles. The molecule has 0 bridgehead atoms. The Hall–Kier alpha value is -3.64. The Morgan fingerprint density at radius 2 is 1.48 bits per heavy atom. The maximum Gasteiger partial charge on any atom is 0.277 e. The lowest BCUT2D eigenvalue weighted by atomic mass is 9.98. The Morgan fingerprint density at radius 1 is 0.862 bits per heavy atom. The number of hydrogen-bond acceptors (Lipinski definition) is 5. The highest BCUT2D eigenvalue weighted by Crippen LogP contribution is 2.43. The van der Waals surface area contributed by atoms with E-state index in [2.05, 4.69) is 38.1 Å². The summed E-state index contributed by atoms with van der Waals surface area (Å²) in [6.07, 6.45) is 0. The summed E-state index contributed by atoms with van der Waals surface area (Å²) >= 11 is 0. The molecule has 2 aliphatic rings. The first-order valence-corrected chi connectivity index (χ1v) is 9.48. The fourth-order valence-corrected chi connectivity index (χ4v) is 4.05. The third-order valence-electron chi connectivity index (χ3n) is 5.19. The van der Waals surface area contributed by atoms with E-state index in [1.807, 2.05) is 47.5 Å². The lowest BCUT2D eigenvalue weighted by molar-refractivity contribution is -0.135. The van der Waals surface area contributed by atoms with Crippen molar-refractivity contribution in [1.82, 2.24) is 5.28 Å². The number of fused-ring (bicyclic) bond motifs is 3. The van der Waals surface area contributed by atoms with Crippen molar-refractivity contribution in [2.45, 2.75) is 20.8 Å². The summed E-state index contributed by atoms with van der Waals surface area (Å²) in [6, 6.07) is 21.1. The van der Waals surface area contributed by atoms with Crippen molar-refractivity contribution in [3.8, 4) is 0 Å². The summed E-state index contributed by atoms with van der Waals surface area (Å²) in [6.45, 7) is 6.21. The summed E-state index contributed by atoms with van der Waals surface area (Å²) in [4.78, 5) is 19.0. The van der Waals surface area contributed by atoms with Gasteiger partial charge in [0.1, 0.15) is 0 Å². The van der Waals surface area contributed by atoms with Gasteiger partial charge in [0.15, 0.2) is 0 Å². The highest BCUT2D eigenvalue weighted by molar-refractivity contribution is 6.17. The van der Waals surface area contributed by atoms with E-state index in [0.717, 1.165) is 28.1 Å². The molecule has 0 spiro atoms. The van der Waals surface area contributed by atoms with Gasteiger partial charge in [0.25, 0.3) is 5.91 Å². The van der Waals surface area contributed by atoms with Crippen molar-refractivity contribution < 1.29 is 9.73 Å². The van der Waals surface area contributed by atoms with E-state index in [1.165, 1.54) is 15.9 Å². The van der Waals surface area contributed by atoms with E-state index < -0.39 is 0 Å². The molecular formula is C23H20N4O2. The first-order valence-electron chi connectivity index (χ1n) is 9.48. The molecule has 0 radical (unpaired) electrons. The predicted molar refractivity (Wildman–Crippen MR) is 112 cm³/mol. The molecule has 0 N–H and O–H groups in total. The van der Waals surface area contributed by atoms with E-state index in [-0.39, 0.29) is 5.91 Å². The number of carbonyl (C=O) groups is 1. The molecule has 2 heterocycles. The van der Waals surface area contributed by atoms with Gasteiger partial charge in [0.2, 0.25) is 5.84 Å². The predicted octanol–water partition coefficient (Wildman–Crippen LogP) is 4.52. The number of carbonyl (C=O) groups excluding carboxylic acids is 1. The fourth-order valence-electron chi connectivity index (χ4n) is 4.05. The van der Waals surface area contributed by atoms with Crippen LogP contribution in [0.25, 0.3) is 0 Å². The number of nitrogens with zero attached hydrogens (tertiary/aromatic N) is 4. The lowest BCUT2D eigenvalue weighted by Gasteiger charge is -2.25. The van der Waals surface area contributed by atoms with Gasteiger partial charge in [-0.15, -0.1) is 0 Å². The van der Waals surface area contributed by atoms with E-state index in [1.54, 1.807) is 12.1 Å². The van der Waals surface area contributed by atoms with Gasteiger partial charge in [-0.3, -0.25) is 9.73 Å². The van der Waals surface area contributed by atoms with Gasteiger partial charge < -0.3 is 0 Å². The number of hydrogen-bond donors (Lipinski definition) is 0. The van der Waals surface area contributed by atoms with E-state index in [9.17, 15) is 4.79 Å². The van der Waals surface area contributed by atoms with E-state index in [0.29, 0.717) is 11.4 Å². The van der Waals surface area contributed by atoms with Crippen LogP contribution >= 0.6 is 0 Å². The minimum atomic E-state index is -0.186. The first kappa shape index (κ1) is 17.5. The molecule has 2 aliphatic heterocycles. The number of aryl methyl sites for hydroxylation is 3. The fraction of sp³-hybridized carbons (Fsp3) is 0.130. The lowest BCUT2D eigenvalue weighted by Crippen LogP contribution is -2.49. The second kappa shape index (κ2) is 6.46. The van der Waals surface area contributed by atoms with Gasteiger partial charge in [0, 0.05) is 11.1 Å². The molecule has 0 aromatic heterocycles. The van der Waals surface area contributed by atoms with Gasteiger partial charge in [-0.2, -0.15) is 10.0 Å². The number of oxime groups is 1. The zero-order valence-electron chi connectivity index (χ0n) is 16.5. The van der Waals surface area contributed by atoms with Crippen molar-refractivity contribution in [2.24, 2.45) is 5.16 Å². The van der Waals surface area contributed by atoms with Crippen LogP contribution in [-0.4, -0.2) is 17.0 Å². The van der Waals surface area contributed by atoms with Crippen molar-refractivity contribution in [1.29, 1.82) is 0 Å². The second-order valence-electron chi connectivity index (χ2n) is 7.31. The van der Waals surface area contributed by atoms with Gasteiger partial charge in [-0.1, -0.05) is 48.0 Å². The maximum absolute atomic E-state index is 13.3. The molecule has 0 unspecified atom stereocenters. The number of para-hydroxylation sites is 2. The summed E-state index contributed by atoms with van der Waals surface area (Å²) in [7, 11) is 0. The van der Waals surface area contributed by atoms with Crippen LogP contribution in [0.3, 0.4) is 0 Å². The van der Waals surface area contributed by atoms with Crippen molar-refractivity contribution >= 4 is 23.1 Å². The molecule has 1 amide bonds. The van der Waals surface area contributed by atoms with Crippen LogP contribution in [0, 0.1) is 20.8 Å². The summed E-state index contributed by atoms with van der Waals surface area (Å²) in [5, 5.41) is 9.13. The highest BCUT2D eigenvalue weighted by atomic mass is 16.9. The Labute approximate surface area is 169 Å². The molecule has 6 heteroatoms. The average Bonchev–Trinajstić information content (AvgIpc) is 3.26. The molecule has 0 saturated heterocycles. The van der Waals surface area contributed by atoms with Crippen LogP contribution < -0.4 is 10.0 Å². The number of benzene rings is 3. The van der Waals surface area contributed by atoms with Crippen LogP contribution in [0.4, 0.5) is 11.4 Å². The molecule has 0 saturated carbocycles. The number of amides is 1. The third kappa shape index (κ3) is 2.61. The first-order chi connectivity index (χ1) is 14.1. The van der Waals surface area contributed by atoms with Gasteiger partial charge in [0.05, 0.1) is 16.7 Å². The molecule has 0 atom stereocenters. The quantitative estimate of drug-likeness (QED) is 0.652. The van der Waals surface area contributed by atoms with Crippen molar-refractivity contribution in [3.63, 3.8) is 0 Å². The Morgan fingerprint density at radius 3 is 2.17 bits per heavy atom. The van der Waals surface area contributed by atoms with E-state index >= 15 is 0 Å². The number of anilines is 2. The number of hydrazine groups is 2. The largest absolute Gasteiger partial charge is 0.277 e. The van der Waals surface area contributed by atoms with Crippen LogP contribution in [0.15, 0.2) is 71.9 Å². The summed E-state index contributed by atoms with van der Waals surface area (Å²) < 4.78 is 0. The molecule has 0 aliphatic carbocycles. The average molecular weight is 384 g/mol. The monoisotopic (exact) mass is 384 g/mol. The zero-order chi connectivity index (χ0) is 20.1. The Balaban J connectivity index is 1.62. The minimum Gasteiger partial charge on any atom is -0.267 e. The number of amidine groups is 1. The van der Waals surface area contributed by atoms with Gasteiger partial charge >= 0.3 is 0 Å². The molecule has 5 rings (SSSR count). The molecule has 3 aromatic rings. The minimum absolute atomic E-state index is 0.186. The maximum atomic E-state index is 13.3. The van der Waals surface area contributed by atoms with Crippen LogP contribution in [0.5, 0.6) is 0 Å². The molecule has 29 heavy (non-hydrogen) atoms. The Kier molecular flexibility index (Phi) is 3.89. The molecular weight excluding hydrogens is 364 g/mol. The standard InChI is InChI=1S/C23H20N4O2/c1-15-13-16(2)21(17(3)14-15)22-24-29-27-25(22)19-11-7-8-12-20(19)26(27)23(28)18-9-5-4-6-10-18/h4-14H,1-3H3. The summed E-state index contributed by atoms with van der Waals surface area (Å²) in [5.41, 5.74) is 6.58. The number of rotatable bonds is 2. The third-order valence-corrected chi connectivity index (χ3v) is 5.19. The molecule has 0 fully saturated rings. The zero-order valence-corrected chi connectivity index (χ0v) is 16.5. The molecule has 144 valence electrons. The smallest absolute Gasteiger partial charge is 0.267 e. The Bertz CT molecular complexity index is 1130. The van der Waals surface area contributed by atoms with Crippen LogP contribution in [-0.2, 0) is 4.94 Å². The van der Waals surface area contributed by atoms with Crippen LogP contribution in [0.1, 0.15) is 32.6 Å². The highest BCUT2D eigenvalue weighted by Gasteiger charge is 2.47. The van der Waals surface area contributed by atoms with Gasteiger partial charge in [-0.25, -0.2) is 0 Å². The van der Waals surface area contributed by atoms with Crippen molar-refractivity contribution in [2.75, 3.05) is 10.0 Å². The van der Waals surface area contributed by atoms with Gasteiger partial charge in [-0.05, 0) is 61.3 Å². The second-order valence-corrected chi connectivity index (χ2v) is 7.31. The van der Waals surface area contributed by atoms with E-state index in [4.69, 9.17) is 4.94 Å². The summed E-state index contributed by atoms with van der Waals surface area (Å²) in [5.74, 6) is 0.477. The molecule has 6 nitrogen and oxygen atoms in total. The normalized spacial score (nSPS) is 15.1. The van der Waals surface area contributed by atoms with Crippen molar-refractivity contribution in [3.05, 3.63) is 94.5 Å².